The Kier molecular flexibility index (Phi) is 11.2. The number of hydrogen-bond donors (Lipinski definition) is 2. The van der Waals surface area contributed by atoms with Gasteiger partial charge in [-0.15, -0.1) is 0 Å². The highest BCUT2D eigenvalue weighted by Gasteiger charge is 2.77. The van der Waals surface area contributed by atoms with E-state index in [1.165, 1.54) is 0 Å². The molecule has 5 aliphatic heterocycles. The lowest BCUT2D eigenvalue weighted by molar-refractivity contribution is -0.225. The molecule has 10 unspecified atom stereocenters. The van der Waals surface area contributed by atoms with E-state index in [1.807, 2.05) is 18.2 Å². The first kappa shape index (κ1) is 38.0. The van der Waals surface area contributed by atoms with Gasteiger partial charge in [0.15, 0.2) is 11.8 Å². The molecule has 2 aliphatic carbocycles. The van der Waals surface area contributed by atoms with E-state index in [4.69, 9.17) is 23.8 Å². The van der Waals surface area contributed by atoms with Crippen molar-refractivity contribution in [3.8, 4) is 0 Å². The first-order valence-electron chi connectivity index (χ1n) is 20.9. The van der Waals surface area contributed by atoms with Gasteiger partial charge in [0.1, 0.15) is 35.9 Å². The van der Waals surface area contributed by atoms with Crippen molar-refractivity contribution in [1.29, 1.82) is 0 Å². The number of nitrogens with zero attached hydrogens (tertiary/aromatic N) is 2. The quantitative estimate of drug-likeness (QED) is 0.138. The summed E-state index contributed by atoms with van der Waals surface area (Å²) >= 11 is 0. The van der Waals surface area contributed by atoms with Gasteiger partial charge >= 0.3 is 5.97 Å². The zero-order valence-corrected chi connectivity index (χ0v) is 32.0. The van der Waals surface area contributed by atoms with Crippen molar-refractivity contribution in [2.75, 3.05) is 19.7 Å². The molecular formula is C42H59N3O9. The van der Waals surface area contributed by atoms with Gasteiger partial charge in [-0.1, -0.05) is 75.9 Å². The summed E-state index contributed by atoms with van der Waals surface area (Å²) in [6.07, 6.45) is 14.7. The Labute approximate surface area is 319 Å². The fraction of sp³-hybridized carbons (Fsp3) is 0.738. The molecule has 2 saturated carbocycles. The average Bonchev–Trinajstić information content (AvgIpc) is 3.44. The number of hydrogen-bond acceptors (Lipinski definition) is 10. The summed E-state index contributed by atoms with van der Waals surface area (Å²) in [7, 11) is 0. The van der Waals surface area contributed by atoms with E-state index in [0.717, 1.165) is 68.9 Å². The van der Waals surface area contributed by atoms with Crippen LogP contribution in [0.3, 0.4) is 0 Å². The number of nitrogens with one attached hydrogen (secondary N) is 1. The highest BCUT2D eigenvalue weighted by Crippen LogP contribution is 2.59. The number of amides is 2. The predicted molar refractivity (Wildman–Crippen MR) is 198 cm³/mol. The number of allylic oxidation sites excluding steroid dienone is 1. The van der Waals surface area contributed by atoms with E-state index in [1.54, 1.807) is 9.96 Å². The van der Waals surface area contributed by atoms with E-state index in [2.05, 4.69) is 37.4 Å². The maximum absolute atomic E-state index is 15.3. The number of ether oxygens (including phenoxy) is 4. The first-order chi connectivity index (χ1) is 26.3. The molecule has 7 fully saturated rings. The summed E-state index contributed by atoms with van der Waals surface area (Å²) in [5.41, 5.74) is 0.653. The monoisotopic (exact) mass is 749 g/mol. The van der Waals surface area contributed by atoms with Gasteiger partial charge in [0, 0.05) is 32.4 Å². The number of aliphatic hydroxyl groups is 1. The molecule has 2 amide bonds. The maximum Gasteiger partial charge on any atom is 0.327 e. The van der Waals surface area contributed by atoms with Gasteiger partial charge < -0.3 is 34.3 Å². The molecule has 12 heteroatoms. The number of epoxide rings is 1. The molecular weight excluding hydrogens is 690 g/mol. The van der Waals surface area contributed by atoms with E-state index >= 15 is 4.79 Å². The van der Waals surface area contributed by atoms with Crippen LogP contribution in [0.4, 0.5) is 0 Å². The summed E-state index contributed by atoms with van der Waals surface area (Å²) in [5, 5.41) is 13.9. The minimum absolute atomic E-state index is 0.107. The van der Waals surface area contributed by atoms with Crippen LogP contribution in [0.25, 0.3) is 6.08 Å². The summed E-state index contributed by atoms with van der Waals surface area (Å²) in [6, 6.07) is 6.38. The lowest BCUT2D eigenvalue weighted by Gasteiger charge is -2.50. The molecule has 54 heavy (non-hydrogen) atoms. The van der Waals surface area contributed by atoms with Crippen LogP contribution in [0.15, 0.2) is 30.3 Å². The fourth-order valence-electron chi connectivity index (χ4n) is 10.4. The van der Waals surface area contributed by atoms with E-state index in [0.29, 0.717) is 50.4 Å². The molecule has 0 radical (unpaired) electrons. The molecule has 2 bridgehead atoms. The van der Waals surface area contributed by atoms with Crippen LogP contribution in [0.2, 0.25) is 0 Å². The number of unbranched alkanes of at least 4 members (excludes halogenated alkanes) is 4. The molecule has 10 atom stereocenters. The van der Waals surface area contributed by atoms with Gasteiger partial charge in [0.25, 0.3) is 0 Å². The van der Waals surface area contributed by atoms with E-state index < -0.39 is 53.7 Å². The average molecular weight is 750 g/mol. The molecule has 296 valence electrons. The first-order valence-corrected chi connectivity index (χ1v) is 20.9. The van der Waals surface area contributed by atoms with Gasteiger partial charge in [-0.05, 0) is 62.0 Å². The topological polar surface area (TPSA) is 139 Å². The van der Waals surface area contributed by atoms with Crippen LogP contribution in [-0.2, 0) is 44.7 Å². The predicted octanol–water partition coefficient (Wildman–Crippen LogP) is 4.81. The Bertz CT molecular complexity index is 1560. The van der Waals surface area contributed by atoms with Crippen molar-refractivity contribution in [3.05, 3.63) is 41.5 Å². The molecule has 0 spiro atoms. The van der Waals surface area contributed by atoms with Crippen molar-refractivity contribution < 1.29 is 43.3 Å². The Balaban J connectivity index is 1.13. The normalized spacial score (nSPS) is 36.2. The summed E-state index contributed by atoms with van der Waals surface area (Å²) in [4.78, 5) is 51.7. The molecule has 2 N–H and O–H groups in total. The summed E-state index contributed by atoms with van der Waals surface area (Å²) in [5.74, 6) is -1.48. The molecule has 1 aromatic rings. The number of carbonyl (C=O) groups is 3. The largest absolute Gasteiger partial charge is 0.458 e. The lowest BCUT2D eigenvalue weighted by atomic mass is 9.62. The van der Waals surface area contributed by atoms with Gasteiger partial charge in [0.05, 0.1) is 25.4 Å². The van der Waals surface area contributed by atoms with Crippen LogP contribution in [0.5, 0.6) is 0 Å². The second-order valence-corrected chi connectivity index (χ2v) is 16.7. The van der Waals surface area contributed by atoms with Crippen LogP contribution in [0.1, 0.15) is 115 Å². The molecule has 1 aromatic carbocycles. The smallest absolute Gasteiger partial charge is 0.327 e. The molecule has 0 aromatic heterocycles. The standard InChI is InChI=1S/C42H59N3O9/c1-3-5-9-19-41(20-10-6-4-2)52-34-33-25-42(40(49)44-22-11-14-30(44)38(47)43-21-23-46)36(39(48)51-33)45(54-37(42)35(34)53-41)26-29-13-8-7-12-28(29)17-15-27-16-18-31-32(24-27)50-31/h7-8,12-13,15,17,27,30-37,46H,3-6,9-11,14,16,18-26H2,1-2H3,(H,43,47). The Morgan fingerprint density at radius 2 is 1.76 bits per heavy atom. The number of esters is 1. The third kappa shape index (κ3) is 7.04. The number of aliphatic hydroxyl groups excluding tert-OH is 1. The van der Waals surface area contributed by atoms with Crippen LogP contribution < -0.4 is 5.32 Å². The zero-order valence-electron chi connectivity index (χ0n) is 32.0. The van der Waals surface area contributed by atoms with Crippen molar-refractivity contribution in [1.82, 2.24) is 15.3 Å². The van der Waals surface area contributed by atoms with Crippen LogP contribution in [-0.4, -0.2) is 107 Å². The number of fused-ring (bicyclic) bond motifs is 5. The summed E-state index contributed by atoms with van der Waals surface area (Å²) in [6.45, 7) is 4.91. The van der Waals surface area contributed by atoms with Crippen molar-refractivity contribution in [3.63, 3.8) is 0 Å². The second kappa shape index (κ2) is 15.9. The fourth-order valence-corrected chi connectivity index (χ4v) is 10.4. The minimum atomic E-state index is -1.35. The Morgan fingerprint density at radius 3 is 2.52 bits per heavy atom. The highest BCUT2D eigenvalue weighted by atomic mass is 16.8. The third-order valence-corrected chi connectivity index (χ3v) is 13.2. The third-order valence-electron chi connectivity index (χ3n) is 13.2. The highest BCUT2D eigenvalue weighted by molar-refractivity contribution is 5.96. The van der Waals surface area contributed by atoms with Crippen molar-refractivity contribution in [2.24, 2.45) is 11.3 Å². The molecule has 12 nitrogen and oxygen atoms in total. The zero-order chi connectivity index (χ0) is 37.5. The summed E-state index contributed by atoms with van der Waals surface area (Å²) < 4.78 is 26.1. The number of rotatable bonds is 16. The van der Waals surface area contributed by atoms with Crippen molar-refractivity contribution >= 4 is 23.9 Å². The van der Waals surface area contributed by atoms with E-state index in [-0.39, 0.29) is 37.9 Å². The van der Waals surface area contributed by atoms with Gasteiger partial charge in [-0.3, -0.25) is 19.2 Å². The maximum atomic E-state index is 15.3. The number of carbonyl (C=O) groups excluding carboxylic acids is 3. The minimum Gasteiger partial charge on any atom is -0.458 e. The second-order valence-electron chi connectivity index (χ2n) is 16.7. The lowest BCUT2D eigenvalue weighted by Crippen LogP contribution is -2.70. The molecule has 8 rings (SSSR count). The van der Waals surface area contributed by atoms with Crippen LogP contribution >= 0.6 is 0 Å². The number of hydroxylamine groups is 2. The van der Waals surface area contributed by atoms with E-state index in [9.17, 15) is 14.7 Å². The van der Waals surface area contributed by atoms with Gasteiger partial charge in [0.2, 0.25) is 11.8 Å². The molecule has 5 saturated heterocycles. The van der Waals surface area contributed by atoms with Gasteiger partial charge in [-0.25, -0.2) is 0 Å². The SMILES string of the molecule is CCCCCC1(CCCCC)OC2C3CC4(C(=O)N5CCCC5C(=O)NCCO)C(ON(Cc5ccccc5C=CC5CCC6OC6C5)C4C(=O)O3)C2O1. The Morgan fingerprint density at radius 1 is 0.981 bits per heavy atom. The number of likely N-dealkylation sites (tertiary alicyclic amines) is 1. The Hall–Kier alpha value is -2.87. The molecule has 5 heterocycles. The molecule has 7 aliphatic rings. The van der Waals surface area contributed by atoms with Gasteiger partial charge in [-0.2, -0.15) is 5.06 Å². The van der Waals surface area contributed by atoms with Crippen LogP contribution in [0, 0.1) is 11.3 Å². The van der Waals surface area contributed by atoms with Crippen molar-refractivity contribution in [2.45, 2.75) is 165 Å². The number of benzene rings is 1.